The van der Waals surface area contributed by atoms with Crippen molar-refractivity contribution in [3.05, 3.63) is 63.7 Å². The maximum atomic E-state index is 10.6. The van der Waals surface area contributed by atoms with Gasteiger partial charge in [-0.2, -0.15) is 0 Å². The molecule has 0 amide bonds. The van der Waals surface area contributed by atoms with Gasteiger partial charge in [0.2, 0.25) is 0 Å². The van der Waals surface area contributed by atoms with Gasteiger partial charge in [0.05, 0.1) is 6.61 Å². The Hall–Kier alpha value is -1.51. The van der Waals surface area contributed by atoms with Gasteiger partial charge in [-0.25, -0.2) is 0 Å². The Morgan fingerprint density at radius 1 is 1.20 bits per heavy atom. The van der Waals surface area contributed by atoms with Crippen molar-refractivity contribution in [2.45, 2.75) is 25.9 Å². The molecule has 1 heterocycles. The quantitative estimate of drug-likeness (QED) is 0.903. The van der Waals surface area contributed by atoms with Crippen molar-refractivity contribution in [2.75, 3.05) is 6.61 Å². The number of hydrogen-bond donors (Lipinski definition) is 1. The first-order chi connectivity index (χ1) is 9.65. The summed E-state index contributed by atoms with van der Waals surface area (Å²) < 4.78 is 5.60. The number of halogens is 1. The van der Waals surface area contributed by atoms with Gasteiger partial charge in [-0.05, 0) is 66.3 Å². The topological polar surface area (TPSA) is 29.5 Å². The zero-order chi connectivity index (χ0) is 14.1. The predicted molar refractivity (Wildman–Crippen MR) is 80.5 cm³/mol. The molecule has 2 aromatic carbocycles. The molecule has 1 aliphatic rings. The van der Waals surface area contributed by atoms with Crippen LogP contribution in [0.3, 0.4) is 0 Å². The summed E-state index contributed by atoms with van der Waals surface area (Å²) in [5.74, 6) is 0.944. The molecule has 0 aromatic heterocycles. The van der Waals surface area contributed by atoms with E-state index in [1.54, 1.807) is 0 Å². The zero-order valence-electron chi connectivity index (χ0n) is 11.4. The van der Waals surface area contributed by atoms with Crippen molar-refractivity contribution in [1.82, 2.24) is 0 Å². The molecule has 20 heavy (non-hydrogen) atoms. The molecule has 3 rings (SSSR count). The fraction of sp³-hybridized carbons (Fsp3) is 0.294. The first kappa shape index (κ1) is 13.5. The summed E-state index contributed by atoms with van der Waals surface area (Å²) in [6, 6.07) is 11.5. The van der Waals surface area contributed by atoms with Crippen LogP contribution in [-0.4, -0.2) is 11.7 Å². The SMILES string of the molecule is Cc1cc(Cl)ccc1C(O)c1ccc2c(c1)CCCO2. The van der Waals surface area contributed by atoms with Gasteiger partial charge in [0.1, 0.15) is 11.9 Å². The van der Waals surface area contributed by atoms with Gasteiger partial charge < -0.3 is 9.84 Å². The Kier molecular flexibility index (Phi) is 3.68. The van der Waals surface area contributed by atoms with Crippen LogP contribution in [0.1, 0.15) is 34.8 Å². The zero-order valence-corrected chi connectivity index (χ0v) is 12.2. The second-order valence-corrected chi connectivity index (χ2v) is 5.66. The Balaban J connectivity index is 1.95. The van der Waals surface area contributed by atoms with Crippen LogP contribution >= 0.6 is 11.6 Å². The summed E-state index contributed by atoms with van der Waals surface area (Å²) in [6.45, 7) is 2.75. The number of rotatable bonds is 2. The first-order valence-electron chi connectivity index (χ1n) is 6.85. The van der Waals surface area contributed by atoms with E-state index in [9.17, 15) is 5.11 Å². The van der Waals surface area contributed by atoms with Crippen molar-refractivity contribution in [3.8, 4) is 5.75 Å². The number of ether oxygens (including phenoxy) is 1. The van der Waals surface area contributed by atoms with Crippen LogP contribution in [0.2, 0.25) is 5.02 Å². The van der Waals surface area contributed by atoms with Crippen LogP contribution in [0.5, 0.6) is 5.75 Å². The standard InChI is InChI=1S/C17H17ClO2/c1-11-9-14(18)5-6-15(11)17(19)13-4-7-16-12(10-13)3-2-8-20-16/h4-7,9-10,17,19H,2-3,8H2,1H3. The summed E-state index contributed by atoms with van der Waals surface area (Å²) >= 11 is 5.96. The lowest BCUT2D eigenvalue weighted by Gasteiger charge is -2.20. The van der Waals surface area contributed by atoms with E-state index in [0.717, 1.165) is 41.9 Å². The number of fused-ring (bicyclic) bond motifs is 1. The molecule has 1 N–H and O–H groups in total. The molecular formula is C17H17ClO2. The van der Waals surface area contributed by atoms with Gasteiger partial charge in [-0.3, -0.25) is 0 Å². The smallest absolute Gasteiger partial charge is 0.122 e. The van der Waals surface area contributed by atoms with Crippen molar-refractivity contribution < 1.29 is 9.84 Å². The van der Waals surface area contributed by atoms with Crippen LogP contribution in [0, 0.1) is 6.92 Å². The number of aliphatic hydroxyl groups is 1. The molecule has 0 saturated heterocycles. The minimum absolute atomic E-state index is 0.625. The molecule has 0 bridgehead atoms. The lowest BCUT2D eigenvalue weighted by molar-refractivity contribution is 0.219. The summed E-state index contributed by atoms with van der Waals surface area (Å²) in [5, 5.41) is 11.3. The molecule has 2 nitrogen and oxygen atoms in total. The normalized spacial score (nSPS) is 15.3. The summed E-state index contributed by atoms with van der Waals surface area (Å²) in [5.41, 5.74) is 3.98. The predicted octanol–water partition coefficient (Wildman–Crippen LogP) is 4.06. The lowest BCUT2D eigenvalue weighted by Crippen LogP contribution is -2.10. The average Bonchev–Trinajstić information content (AvgIpc) is 2.46. The summed E-state index contributed by atoms with van der Waals surface area (Å²) in [4.78, 5) is 0. The van der Waals surface area contributed by atoms with E-state index >= 15 is 0 Å². The van der Waals surface area contributed by atoms with Crippen LogP contribution in [-0.2, 0) is 6.42 Å². The number of hydrogen-bond acceptors (Lipinski definition) is 2. The molecule has 0 aliphatic carbocycles. The largest absolute Gasteiger partial charge is 0.493 e. The fourth-order valence-corrected chi connectivity index (χ4v) is 2.90. The van der Waals surface area contributed by atoms with Crippen molar-refractivity contribution in [1.29, 1.82) is 0 Å². The van der Waals surface area contributed by atoms with E-state index in [4.69, 9.17) is 16.3 Å². The molecule has 2 aromatic rings. The second-order valence-electron chi connectivity index (χ2n) is 5.22. The van der Waals surface area contributed by atoms with Gasteiger partial charge in [-0.1, -0.05) is 23.7 Å². The fourth-order valence-electron chi connectivity index (χ4n) is 2.68. The maximum absolute atomic E-state index is 10.6. The highest BCUT2D eigenvalue weighted by atomic mass is 35.5. The molecule has 0 radical (unpaired) electrons. The van der Waals surface area contributed by atoms with E-state index in [-0.39, 0.29) is 0 Å². The molecule has 1 atom stereocenters. The summed E-state index contributed by atoms with van der Waals surface area (Å²) in [6.07, 6.45) is 1.42. The van der Waals surface area contributed by atoms with Gasteiger partial charge in [0.15, 0.2) is 0 Å². The highest BCUT2D eigenvalue weighted by Gasteiger charge is 2.17. The van der Waals surface area contributed by atoms with Crippen LogP contribution in [0.25, 0.3) is 0 Å². The molecule has 0 fully saturated rings. The minimum atomic E-state index is -0.625. The maximum Gasteiger partial charge on any atom is 0.122 e. The Bertz CT molecular complexity index is 637. The molecule has 104 valence electrons. The van der Waals surface area contributed by atoms with Crippen LogP contribution in [0.15, 0.2) is 36.4 Å². The second kappa shape index (κ2) is 5.47. The molecular weight excluding hydrogens is 272 g/mol. The number of aliphatic hydroxyl groups excluding tert-OH is 1. The van der Waals surface area contributed by atoms with Gasteiger partial charge >= 0.3 is 0 Å². The van der Waals surface area contributed by atoms with Gasteiger partial charge in [0.25, 0.3) is 0 Å². The number of benzene rings is 2. The van der Waals surface area contributed by atoms with Crippen molar-refractivity contribution >= 4 is 11.6 Å². The molecule has 0 spiro atoms. The third-order valence-electron chi connectivity index (χ3n) is 3.77. The van der Waals surface area contributed by atoms with Crippen molar-refractivity contribution in [3.63, 3.8) is 0 Å². The molecule has 3 heteroatoms. The molecule has 0 saturated carbocycles. The van der Waals surface area contributed by atoms with E-state index in [1.807, 2.05) is 43.3 Å². The van der Waals surface area contributed by atoms with Gasteiger partial charge in [0, 0.05) is 5.02 Å². The highest BCUT2D eigenvalue weighted by molar-refractivity contribution is 6.30. The van der Waals surface area contributed by atoms with E-state index in [2.05, 4.69) is 0 Å². The van der Waals surface area contributed by atoms with E-state index in [1.165, 1.54) is 5.56 Å². The Morgan fingerprint density at radius 2 is 2.05 bits per heavy atom. The Labute approximate surface area is 124 Å². The van der Waals surface area contributed by atoms with Crippen molar-refractivity contribution in [2.24, 2.45) is 0 Å². The third kappa shape index (κ3) is 2.54. The first-order valence-corrected chi connectivity index (χ1v) is 7.22. The third-order valence-corrected chi connectivity index (χ3v) is 4.01. The van der Waals surface area contributed by atoms with Gasteiger partial charge in [-0.15, -0.1) is 0 Å². The molecule has 1 aliphatic heterocycles. The van der Waals surface area contributed by atoms with E-state index in [0.29, 0.717) is 5.02 Å². The highest BCUT2D eigenvalue weighted by Crippen LogP contribution is 2.31. The van der Waals surface area contributed by atoms with E-state index < -0.39 is 6.10 Å². The molecule has 1 unspecified atom stereocenters. The lowest BCUT2D eigenvalue weighted by atomic mass is 9.94. The summed E-state index contributed by atoms with van der Waals surface area (Å²) in [7, 11) is 0. The Morgan fingerprint density at radius 3 is 2.85 bits per heavy atom. The monoisotopic (exact) mass is 288 g/mol. The number of aryl methyl sites for hydroxylation is 2. The average molecular weight is 289 g/mol. The minimum Gasteiger partial charge on any atom is -0.493 e. The van der Waals surface area contributed by atoms with Crippen LogP contribution in [0.4, 0.5) is 0 Å². The van der Waals surface area contributed by atoms with Crippen LogP contribution < -0.4 is 4.74 Å².